The number of hydrogen-bond donors (Lipinski definition) is 2. The van der Waals surface area contributed by atoms with Gasteiger partial charge in [-0.05, 0) is 56.8 Å². The highest BCUT2D eigenvalue weighted by Crippen LogP contribution is 2.18. The third-order valence-electron chi connectivity index (χ3n) is 3.61. The van der Waals surface area contributed by atoms with Crippen molar-refractivity contribution in [2.24, 2.45) is 0 Å². The van der Waals surface area contributed by atoms with Crippen LogP contribution in [0.15, 0.2) is 24.3 Å². The summed E-state index contributed by atoms with van der Waals surface area (Å²) >= 11 is 0. The van der Waals surface area contributed by atoms with Gasteiger partial charge in [-0.1, -0.05) is 12.1 Å². The average Bonchev–Trinajstić information content (AvgIpc) is 2.38. The van der Waals surface area contributed by atoms with E-state index in [1.54, 1.807) is 0 Å². The van der Waals surface area contributed by atoms with Crippen LogP contribution in [0, 0.1) is 0 Å². The molecule has 1 saturated heterocycles. The van der Waals surface area contributed by atoms with Gasteiger partial charge < -0.3 is 15.8 Å². The fourth-order valence-corrected chi connectivity index (χ4v) is 2.44. The minimum atomic E-state index is 0.180. The summed E-state index contributed by atoms with van der Waals surface area (Å²) in [7, 11) is 0. The highest BCUT2D eigenvalue weighted by atomic mass is 16.5. The molecule has 1 fully saturated rings. The van der Waals surface area contributed by atoms with Gasteiger partial charge >= 0.3 is 0 Å². The maximum atomic E-state index is 5.67. The van der Waals surface area contributed by atoms with Gasteiger partial charge in [-0.3, -0.25) is 0 Å². The third kappa shape index (κ3) is 4.00. The van der Waals surface area contributed by atoms with Crippen molar-refractivity contribution < 1.29 is 4.74 Å². The lowest BCUT2D eigenvalue weighted by atomic mass is 9.94. The molecule has 0 radical (unpaired) electrons. The Morgan fingerprint density at radius 2 is 2.11 bits per heavy atom. The number of rotatable bonds is 5. The Morgan fingerprint density at radius 3 is 2.78 bits per heavy atom. The second-order valence-corrected chi connectivity index (χ2v) is 5.49. The lowest BCUT2D eigenvalue weighted by Gasteiger charge is -2.34. The topological polar surface area (TPSA) is 47.3 Å². The van der Waals surface area contributed by atoms with E-state index in [9.17, 15) is 0 Å². The number of benzene rings is 1. The molecule has 0 amide bonds. The smallest absolute Gasteiger partial charge is 0.0645 e. The van der Waals surface area contributed by atoms with Crippen LogP contribution >= 0.6 is 0 Å². The van der Waals surface area contributed by atoms with E-state index in [1.165, 1.54) is 18.4 Å². The number of ether oxygens (including phenoxy) is 1. The summed E-state index contributed by atoms with van der Waals surface area (Å²) in [6.07, 6.45) is 4.64. The number of aryl methyl sites for hydroxylation is 1. The molecule has 0 aliphatic carbocycles. The summed E-state index contributed by atoms with van der Waals surface area (Å²) in [5.41, 5.74) is 8.04. The number of nitrogens with two attached hydrogens (primary N) is 1. The van der Waals surface area contributed by atoms with E-state index in [0.717, 1.165) is 38.3 Å². The van der Waals surface area contributed by atoms with Crippen LogP contribution in [0.1, 0.15) is 31.7 Å². The molecule has 0 bridgehead atoms. The Balaban J connectivity index is 1.67. The van der Waals surface area contributed by atoms with Crippen molar-refractivity contribution >= 4 is 5.69 Å². The summed E-state index contributed by atoms with van der Waals surface area (Å²) in [5, 5.41) is 3.63. The lowest BCUT2D eigenvalue weighted by molar-refractivity contribution is 0.0287. The zero-order valence-electron chi connectivity index (χ0n) is 11.2. The molecule has 18 heavy (non-hydrogen) atoms. The molecule has 3 N–H and O–H groups in total. The van der Waals surface area contributed by atoms with Gasteiger partial charge in [0.15, 0.2) is 0 Å². The van der Waals surface area contributed by atoms with E-state index in [0.29, 0.717) is 0 Å². The fourth-order valence-electron chi connectivity index (χ4n) is 2.44. The van der Waals surface area contributed by atoms with Gasteiger partial charge in [-0.25, -0.2) is 0 Å². The van der Waals surface area contributed by atoms with Gasteiger partial charge in [-0.15, -0.1) is 0 Å². The zero-order chi connectivity index (χ0) is 12.8. The lowest BCUT2D eigenvalue weighted by Crippen LogP contribution is -2.49. The molecular weight excluding hydrogens is 224 g/mol. The monoisotopic (exact) mass is 248 g/mol. The predicted molar refractivity (Wildman–Crippen MR) is 75.6 cm³/mol. The van der Waals surface area contributed by atoms with Crippen molar-refractivity contribution in [3.63, 3.8) is 0 Å². The van der Waals surface area contributed by atoms with Crippen molar-refractivity contribution in [3.05, 3.63) is 29.8 Å². The first kappa shape index (κ1) is 13.4. The first-order valence-corrected chi connectivity index (χ1v) is 6.85. The molecular formula is C15H24N2O. The molecule has 0 aromatic heterocycles. The molecule has 1 atom stereocenters. The molecule has 1 aromatic rings. The first-order chi connectivity index (χ1) is 8.68. The van der Waals surface area contributed by atoms with Crippen LogP contribution in [0.5, 0.6) is 0 Å². The van der Waals surface area contributed by atoms with Gasteiger partial charge in [0.2, 0.25) is 0 Å². The van der Waals surface area contributed by atoms with E-state index < -0.39 is 0 Å². The minimum absolute atomic E-state index is 0.180. The number of hydrogen-bond acceptors (Lipinski definition) is 3. The molecule has 0 spiro atoms. The molecule has 1 heterocycles. The Morgan fingerprint density at radius 1 is 1.33 bits per heavy atom. The maximum absolute atomic E-state index is 5.67. The number of nitrogens with one attached hydrogen (secondary N) is 1. The van der Waals surface area contributed by atoms with Crippen LogP contribution in [0.3, 0.4) is 0 Å². The second kappa shape index (κ2) is 6.21. The van der Waals surface area contributed by atoms with Crippen LogP contribution in [0.2, 0.25) is 0 Å². The summed E-state index contributed by atoms with van der Waals surface area (Å²) in [5.74, 6) is 0. The molecule has 100 valence electrons. The van der Waals surface area contributed by atoms with E-state index in [4.69, 9.17) is 10.5 Å². The van der Waals surface area contributed by atoms with Crippen LogP contribution in [-0.2, 0) is 11.2 Å². The molecule has 2 rings (SSSR count). The molecule has 1 unspecified atom stereocenters. The zero-order valence-corrected chi connectivity index (χ0v) is 11.2. The van der Waals surface area contributed by atoms with E-state index >= 15 is 0 Å². The summed E-state index contributed by atoms with van der Waals surface area (Å²) in [6.45, 7) is 5.07. The Bertz CT molecular complexity index is 355. The first-order valence-electron chi connectivity index (χ1n) is 6.85. The second-order valence-electron chi connectivity index (χ2n) is 5.49. The van der Waals surface area contributed by atoms with Gasteiger partial charge in [0.25, 0.3) is 0 Å². The maximum Gasteiger partial charge on any atom is 0.0645 e. The minimum Gasteiger partial charge on any atom is -0.399 e. The van der Waals surface area contributed by atoms with Crippen molar-refractivity contribution in [3.8, 4) is 0 Å². The van der Waals surface area contributed by atoms with E-state index in [2.05, 4.69) is 24.4 Å². The van der Waals surface area contributed by atoms with Gasteiger partial charge in [0, 0.05) is 17.8 Å². The van der Waals surface area contributed by atoms with Crippen LogP contribution in [0.4, 0.5) is 5.69 Å². The Kier molecular flexibility index (Phi) is 4.61. The van der Waals surface area contributed by atoms with E-state index in [-0.39, 0.29) is 5.54 Å². The predicted octanol–water partition coefficient (Wildman–Crippen LogP) is 2.36. The summed E-state index contributed by atoms with van der Waals surface area (Å²) < 4.78 is 5.54. The molecule has 1 aliphatic heterocycles. The van der Waals surface area contributed by atoms with Gasteiger partial charge in [0.05, 0.1) is 6.61 Å². The Labute approximate surface area is 110 Å². The van der Waals surface area contributed by atoms with Gasteiger partial charge in [-0.2, -0.15) is 0 Å². The third-order valence-corrected chi connectivity index (χ3v) is 3.61. The Hall–Kier alpha value is -1.06. The summed E-state index contributed by atoms with van der Waals surface area (Å²) in [4.78, 5) is 0. The molecule has 1 aromatic carbocycles. The van der Waals surface area contributed by atoms with Gasteiger partial charge in [0.1, 0.15) is 0 Å². The van der Waals surface area contributed by atoms with Crippen LogP contribution in [-0.4, -0.2) is 25.3 Å². The SMILES string of the molecule is CC1(NCCCc2ccc(N)cc2)CCCOC1. The van der Waals surface area contributed by atoms with Crippen molar-refractivity contribution in [1.29, 1.82) is 0 Å². The number of nitrogen functional groups attached to an aromatic ring is 1. The average molecular weight is 248 g/mol. The van der Waals surface area contributed by atoms with Crippen LogP contribution < -0.4 is 11.1 Å². The van der Waals surface area contributed by atoms with Crippen molar-refractivity contribution in [2.45, 2.75) is 38.1 Å². The van der Waals surface area contributed by atoms with E-state index in [1.807, 2.05) is 12.1 Å². The van der Waals surface area contributed by atoms with Crippen molar-refractivity contribution in [1.82, 2.24) is 5.32 Å². The molecule has 3 heteroatoms. The fraction of sp³-hybridized carbons (Fsp3) is 0.600. The largest absolute Gasteiger partial charge is 0.399 e. The highest BCUT2D eigenvalue weighted by Gasteiger charge is 2.26. The van der Waals surface area contributed by atoms with Crippen LogP contribution in [0.25, 0.3) is 0 Å². The highest BCUT2D eigenvalue weighted by molar-refractivity contribution is 5.39. The normalized spacial score (nSPS) is 24.1. The molecule has 0 saturated carbocycles. The molecule has 3 nitrogen and oxygen atoms in total. The standard InChI is InChI=1S/C15H24N2O/c1-15(9-3-11-18-12-15)17-10-2-4-13-5-7-14(16)8-6-13/h5-8,17H,2-4,9-12,16H2,1H3. The van der Waals surface area contributed by atoms with Crippen molar-refractivity contribution in [2.75, 3.05) is 25.5 Å². The number of anilines is 1. The summed E-state index contributed by atoms with van der Waals surface area (Å²) in [6, 6.07) is 8.17. The quantitative estimate of drug-likeness (QED) is 0.621. The molecule has 1 aliphatic rings.